The Labute approximate surface area is 119 Å². The molecular weight excluding hydrogens is 321 g/mol. The smallest absolute Gasteiger partial charge is 0.161 e. The van der Waals surface area contributed by atoms with Crippen molar-refractivity contribution in [3.05, 3.63) is 35.1 Å². The molecule has 1 aromatic rings. The minimum Gasteiger partial charge on any atom is -0.375 e. The monoisotopic (exact) mass is 336 g/mol. The molecule has 1 heterocycles. The molecule has 1 aliphatic heterocycles. The molecule has 5 heteroatoms. The molecule has 0 radical (unpaired) electrons. The number of hydrogen-bond acceptors (Lipinski definition) is 1. The standard InChI is InChI=1S/C14H16BrF3O/c1-6-7(2)19-8(3)13(6)14(15)9-4-11(17)12(18)5-10(9)16/h4-8,13-14H,1-3H3. The predicted molar refractivity (Wildman–Crippen MR) is 70.6 cm³/mol. The topological polar surface area (TPSA) is 9.23 Å². The molecule has 0 aromatic heterocycles. The summed E-state index contributed by atoms with van der Waals surface area (Å²) in [6.07, 6.45) is -0.00436. The van der Waals surface area contributed by atoms with Crippen molar-refractivity contribution in [3.63, 3.8) is 0 Å². The third-order valence-corrected chi connectivity index (χ3v) is 5.10. The summed E-state index contributed by atoms with van der Waals surface area (Å²) in [6, 6.07) is 1.51. The Bertz CT molecular complexity index is 480. The van der Waals surface area contributed by atoms with E-state index in [1.165, 1.54) is 0 Å². The summed E-state index contributed by atoms with van der Waals surface area (Å²) in [5.41, 5.74) is 0.139. The molecule has 1 fully saturated rings. The average Bonchev–Trinajstić information content (AvgIpc) is 2.57. The van der Waals surface area contributed by atoms with E-state index in [0.717, 1.165) is 6.07 Å². The lowest BCUT2D eigenvalue weighted by atomic mass is 9.84. The van der Waals surface area contributed by atoms with E-state index in [2.05, 4.69) is 15.9 Å². The molecule has 2 rings (SSSR count). The molecule has 19 heavy (non-hydrogen) atoms. The van der Waals surface area contributed by atoms with Gasteiger partial charge in [-0.25, -0.2) is 13.2 Å². The van der Waals surface area contributed by atoms with E-state index in [1.807, 2.05) is 20.8 Å². The van der Waals surface area contributed by atoms with Gasteiger partial charge in [-0.2, -0.15) is 0 Å². The van der Waals surface area contributed by atoms with E-state index in [-0.39, 0.29) is 29.6 Å². The summed E-state index contributed by atoms with van der Waals surface area (Å²) >= 11 is 3.42. The zero-order chi connectivity index (χ0) is 14.3. The van der Waals surface area contributed by atoms with E-state index in [9.17, 15) is 13.2 Å². The van der Waals surface area contributed by atoms with Crippen LogP contribution in [-0.2, 0) is 4.74 Å². The first-order valence-electron chi connectivity index (χ1n) is 6.27. The highest BCUT2D eigenvalue weighted by atomic mass is 79.9. The zero-order valence-corrected chi connectivity index (χ0v) is 12.5. The van der Waals surface area contributed by atoms with Gasteiger partial charge in [0.1, 0.15) is 5.82 Å². The molecule has 0 bridgehead atoms. The van der Waals surface area contributed by atoms with Crippen molar-refractivity contribution in [1.29, 1.82) is 0 Å². The SMILES string of the molecule is CC1OC(C)C(C(Br)c2cc(F)c(F)cc2F)C1C. The first-order chi connectivity index (χ1) is 8.82. The maximum Gasteiger partial charge on any atom is 0.161 e. The minimum absolute atomic E-state index is 0.00867. The van der Waals surface area contributed by atoms with Gasteiger partial charge in [-0.15, -0.1) is 0 Å². The van der Waals surface area contributed by atoms with Crippen molar-refractivity contribution in [2.75, 3.05) is 0 Å². The lowest BCUT2D eigenvalue weighted by Crippen LogP contribution is -2.22. The van der Waals surface area contributed by atoms with Crippen LogP contribution in [0.25, 0.3) is 0 Å². The summed E-state index contributed by atoms with van der Waals surface area (Å²) in [5.74, 6) is -2.73. The van der Waals surface area contributed by atoms with Crippen molar-refractivity contribution in [3.8, 4) is 0 Å². The van der Waals surface area contributed by atoms with Crippen molar-refractivity contribution in [2.24, 2.45) is 11.8 Å². The van der Waals surface area contributed by atoms with Crippen LogP contribution >= 0.6 is 15.9 Å². The van der Waals surface area contributed by atoms with Gasteiger partial charge in [0.25, 0.3) is 0 Å². The van der Waals surface area contributed by atoms with Crippen LogP contribution in [0.4, 0.5) is 13.2 Å². The van der Waals surface area contributed by atoms with Gasteiger partial charge in [0.15, 0.2) is 11.6 Å². The van der Waals surface area contributed by atoms with Gasteiger partial charge >= 0.3 is 0 Å². The van der Waals surface area contributed by atoms with E-state index in [1.54, 1.807) is 0 Å². The molecule has 5 unspecified atom stereocenters. The van der Waals surface area contributed by atoms with Gasteiger partial charge in [-0.1, -0.05) is 22.9 Å². The average molecular weight is 337 g/mol. The molecule has 0 saturated carbocycles. The minimum atomic E-state index is -1.17. The third kappa shape index (κ3) is 2.68. The number of alkyl halides is 1. The van der Waals surface area contributed by atoms with Crippen LogP contribution in [-0.4, -0.2) is 12.2 Å². The summed E-state index contributed by atoms with van der Waals surface area (Å²) in [5, 5.41) is 0. The number of halogens is 4. The van der Waals surface area contributed by atoms with Crippen molar-refractivity contribution < 1.29 is 17.9 Å². The fraction of sp³-hybridized carbons (Fsp3) is 0.571. The van der Waals surface area contributed by atoms with Crippen molar-refractivity contribution in [2.45, 2.75) is 37.8 Å². The normalized spacial score (nSPS) is 32.6. The molecule has 1 nitrogen and oxygen atoms in total. The second kappa shape index (κ2) is 5.44. The summed E-state index contributed by atoms with van der Waals surface area (Å²) < 4.78 is 45.8. The van der Waals surface area contributed by atoms with Crippen LogP contribution in [0.2, 0.25) is 0 Å². The molecule has 1 aliphatic rings. The van der Waals surface area contributed by atoms with E-state index >= 15 is 0 Å². The molecule has 0 spiro atoms. The number of rotatable bonds is 2. The molecule has 5 atom stereocenters. The highest BCUT2D eigenvalue weighted by Crippen LogP contribution is 2.45. The Hall–Kier alpha value is -0.550. The second-order valence-corrected chi connectivity index (χ2v) is 6.16. The van der Waals surface area contributed by atoms with Gasteiger partial charge in [0.2, 0.25) is 0 Å². The van der Waals surface area contributed by atoms with E-state index in [4.69, 9.17) is 4.74 Å². The second-order valence-electron chi connectivity index (χ2n) is 5.17. The van der Waals surface area contributed by atoms with Crippen LogP contribution in [0, 0.1) is 29.3 Å². The molecule has 1 aromatic carbocycles. The molecule has 1 saturated heterocycles. The van der Waals surface area contributed by atoms with Crippen molar-refractivity contribution in [1.82, 2.24) is 0 Å². The maximum absolute atomic E-state index is 13.8. The van der Waals surface area contributed by atoms with Crippen LogP contribution in [0.15, 0.2) is 12.1 Å². The van der Waals surface area contributed by atoms with E-state index < -0.39 is 22.3 Å². The first-order valence-corrected chi connectivity index (χ1v) is 7.18. The van der Waals surface area contributed by atoms with Crippen LogP contribution < -0.4 is 0 Å². The highest BCUT2D eigenvalue weighted by Gasteiger charge is 2.42. The van der Waals surface area contributed by atoms with Crippen LogP contribution in [0.3, 0.4) is 0 Å². The summed E-state index contributed by atoms with van der Waals surface area (Å²) in [6.45, 7) is 5.89. The highest BCUT2D eigenvalue weighted by molar-refractivity contribution is 9.09. The summed E-state index contributed by atoms with van der Waals surface area (Å²) in [4.78, 5) is -0.405. The Balaban J connectivity index is 2.34. The third-order valence-electron chi connectivity index (χ3n) is 3.99. The van der Waals surface area contributed by atoms with Crippen LogP contribution in [0.5, 0.6) is 0 Å². The lowest BCUT2D eigenvalue weighted by Gasteiger charge is -2.25. The zero-order valence-electron chi connectivity index (χ0n) is 11.0. The quantitative estimate of drug-likeness (QED) is 0.566. The fourth-order valence-electron chi connectivity index (χ4n) is 2.75. The van der Waals surface area contributed by atoms with Crippen molar-refractivity contribution >= 4 is 15.9 Å². The molecule has 0 N–H and O–H groups in total. The van der Waals surface area contributed by atoms with E-state index in [0.29, 0.717) is 6.07 Å². The number of benzene rings is 1. The largest absolute Gasteiger partial charge is 0.375 e. The van der Waals surface area contributed by atoms with Gasteiger partial charge in [-0.3, -0.25) is 0 Å². The molecule has 0 amide bonds. The predicted octanol–water partition coefficient (Wildman–Crippen LogP) is 4.60. The van der Waals surface area contributed by atoms with Crippen LogP contribution in [0.1, 0.15) is 31.2 Å². The first kappa shape index (κ1) is 14.9. The molecular formula is C14H16BrF3O. The lowest BCUT2D eigenvalue weighted by molar-refractivity contribution is 0.0510. The fourth-order valence-corrected chi connectivity index (χ4v) is 4.02. The van der Waals surface area contributed by atoms with Gasteiger partial charge in [0, 0.05) is 22.4 Å². The molecule has 0 aliphatic carbocycles. The Morgan fingerprint density at radius 3 is 2.11 bits per heavy atom. The Morgan fingerprint density at radius 2 is 1.58 bits per heavy atom. The Kier molecular flexibility index (Phi) is 4.26. The maximum atomic E-state index is 13.8. The van der Waals surface area contributed by atoms with Gasteiger partial charge < -0.3 is 4.74 Å². The number of hydrogen-bond donors (Lipinski definition) is 0. The molecule has 106 valence electrons. The Morgan fingerprint density at radius 1 is 1.00 bits per heavy atom. The van der Waals surface area contributed by atoms with Gasteiger partial charge in [0.05, 0.1) is 12.2 Å². The van der Waals surface area contributed by atoms with Gasteiger partial charge in [-0.05, 0) is 25.8 Å². The number of ether oxygens (including phenoxy) is 1. The summed E-state index contributed by atoms with van der Waals surface area (Å²) in [7, 11) is 0.